The van der Waals surface area contributed by atoms with E-state index in [4.69, 9.17) is 15.0 Å². The van der Waals surface area contributed by atoms with Gasteiger partial charge in [0.25, 0.3) is 0 Å². The van der Waals surface area contributed by atoms with E-state index in [0.717, 1.165) is 39.1 Å². The average Bonchev–Trinajstić information content (AvgIpc) is 3.62. The molecule has 0 amide bonds. The number of benzene rings is 8. The van der Waals surface area contributed by atoms with Crippen molar-refractivity contribution in [2.45, 2.75) is 0 Å². The maximum Gasteiger partial charge on any atom is 0.164 e. The zero-order valence-electron chi connectivity index (χ0n) is 29.9. The second kappa shape index (κ2) is 13.8. The van der Waals surface area contributed by atoms with Crippen molar-refractivity contribution in [3.05, 3.63) is 206 Å². The van der Waals surface area contributed by atoms with Gasteiger partial charge in [-0.25, -0.2) is 15.0 Å². The first kappa shape index (κ1) is 32.2. The van der Waals surface area contributed by atoms with Crippen LogP contribution in [0.15, 0.2) is 206 Å². The summed E-state index contributed by atoms with van der Waals surface area (Å²) in [7, 11) is 0. The van der Waals surface area contributed by atoms with Crippen LogP contribution in [0.1, 0.15) is 0 Å². The van der Waals surface area contributed by atoms with E-state index in [0.29, 0.717) is 17.5 Å². The molecule has 4 heteroatoms. The normalized spacial score (nSPS) is 11.3. The molecule has 0 spiro atoms. The number of hydrogen-bond donors (Lipinski definition) is 0. The van der Waals surface area contributed by atoms with Gasteiger partial charge in [-0.1, -0.05) is 182 Å². The third kappa shape index (κ3) is 6.06. The molecule has 2 aromatic heterocycles. The fourth-order valence-electron chi connectivity index (χ4n) is 7.59. The largest absolute Gasteiger partial charge is 0.309 e. The van der Waals surface area contributed by atoms with Crippen LogP contribution in [0.5, 0.6) is 0 Å². The Morgan fingerprint density at radius 3 is 1.38 bits per heavy atom. The third-order valence-corrected chi connectivity index (χ3v) is 10.3. The maximum atomic E-state index is 4.93. The van der Waals surface area contributed by atoms with E-state index in [1.54, 1.807) is 0 Å². The Bertz CT molecular complexity index is 2890. The first-order valence-corrected chi connectivity index (χ1v) is 18.5. The smallest absolute Gasteiger partial charge is 0.164 e. The van der Waals surface area contributed by atoms with Crippen LogP contribution in [0.2, 0.25) is 0 Å². The molecule has 0 aliphatic carbocycles. The Morgan fingerprint density at radius 1 is 0.291 bits per heavy atom. The van der Waals surface area contributed by atoms with Gasteiger partial charge >= 0.3 is 0 Å². The van der Waals surface area contributed by atoms with Gasteiger partial charge in [0.2, 0.25) is 0 Å². The van der Waals surface area contributed by atoms with E-state index in [2.05, 4.69) is 150 Å². The molecule has 2 heterocycles. The molecule has 0 N–H and O–H groups in total. The summed E-state index contributed by atoms with van der Waals surface area (Å²) in [4.78, 5) is 14.7. The van der Waals surface area contributed by atoms with Crippen molar-refractivity contribution in [3.8, 4) is 73.2 Å². The molecule has 8 aromatic carbocycles. The molecule has 0 bridgehead atoms. The fourth-order valence-corrected chi connectivity index (χ4v) is 7.59. The highest BCUT2D eigenvalue weighted by Crippen LogP contribution is 2.40. The van der Waals surface area contributed by atoms with Gasteiger partial charge in [0.15, 0.2) is 17.5 Å². The van der Waals surface area contributed by atoms with E-state index < -0.39 is 0 Å². The molecule has 0 unspecified atom stereocenters. The van der Waals surface area contributed by atoms with E-state index in [1.807, 2.05) is 60.7 Å². The first-order valence-electron chi connectivity index (χ1n) is 18.5. The molecule has 10 rings (SSSR count). The van der Waals surface area contributed by atoms with E-state index in [9.17, 15) is 0 Å². The predicted octanol–water partition coefficient (Wildman–Crippen LogP) is 13.0. The quantitative estimate of drug-likeness (QED) is 0.166. The summed E-state index contributed by atoms with van der Waals surface area (Å²) in [6.07, 6.45) is 0. The Kier molecular flexibility index (Phi) is 8.12. The number of hydrogen-bond acceptors (Lipinski definition) is 3. The summed E-state index contributed by atoms with van der Waals surface area (Å²) in [5, 5.41) is 2.47. The SMILES string of the molecule is c1ccc(-c2cccc(-n3c4ccccc4c4cccc(-c5cccc(-c6ccc(-c7nc(-c8ccccc8)nc(-c8ccccc8)n7)cc6)c5)c43)c2)cc1. The van der Waals surface area contributed by atoms with Crippen LogP contribution in [0.25, 0.3) is 95.0 Å². The van der Waals surface area contributed by atoms with Gasteiger partial charge in [0.1, 0.15) is 0 Å². The fraction of sp³-hybridized carbons (Fsp3) is 0. The van der Waals surface area contributed by atoms with Crippen LogP contribution in [0.3, 0.4) is 0 Å². The van der Waals surface area contributed by atoms with Crippen molar-refractivity contribution in [3.63, 3.8) is 0 Å². The highest BCUT2D eigenvalue weighted by molar-refractivity contribution is 6.14. The second-order valence-electron chi connectivity index (χ2n) is 13.7. The molecule has 0 saturated carbocycles. The lowest BCUT2D eigenvalue weighted by Crippen LogP contribution is -2.00. The zero-order chi connectivity index (χ0) is 36.6. The Labute approximate surface area is 319 Å². The van der Waals surface area contributed by atoms with Crippen molar-refractivity contribution in [2.24, 2.45) is 0 Å². The van der Waals surface area contributed by atoms with Crippen molar-refractivity contribution < 1.29 is 0 Å². The number of nitrogens with zero attached hydrogens (tertiary/aromatic N) is 4. The van der Waals surface area contributed by atoms with Crippen LogP contribution >= 0.6 is 0 Å². The predicted molar refractivity (Wildman–Crippen MR) is 227 cm³/mol. The summed E-state index contributed by atoms with van der Waals surface area (Å²) < 4.78 is 2.43. The molecule has 258 valence electrons. The lowest BCUT2D eigenvalue weighted by atomic mass is 9.97. The standard InChI is InChI=1S/C51H34N4/c1-4-15-35(16-5-1)41-22-13-24-43(34-41)55-47-28-11-10-25-45(47)46-27-14-26-44(48(46)55)42-23-12-21-40(33-42)36-29-31-39(32-30-36)51-53-49(37-17-6-2-7-18-37)52-50(54-51)38-19-8-3-9-20-38/h1-34H. The second-order valence-corrected chi connectivity index (χ2v) is 13.7. The molecular formula is C51H34N4. The highest BCUT2D eigenvalue weighted by atomic mass is 15.0. The average molecular weight is 703 g/mol. The van der Waals surface area contributed by atoms with Gasteiger partial charge in [-0.2, -0.15) is 0 Å². The molecule has 0 fully saturated rings. The van der Waals surface area contributed by atoms with Gasteiger partial charge in [-0.15, -0.1) is 0 Å². The van der Waals surface area contributed by atoms with Crippen LogP contribution in [-0.2, 0) is 0 Å². The summed E-state index contributed by atoms with van der Waals surface area (Å²) in [5.41, 5.74) is 13.4. The van der Waals surface area contributed by atoms with Crippen LogP contribution in [0, 0.1) is 0 Å². The minimum absolute atomic E-state index is 0.642. The van der Waals surface area contributed by atoms with Crippen molar-refractivity contribution in [2.75, 3.05) is 0 Å². The Balaban J connectivity index is 1.06. The molecule has 0 aliphatic heterocycles. The van der Waals surface area contributed by atoms with Gasteiger partial charge in [0.05, 0.1) is 11.0 Å². The Hall–Kier alpha value is -7.43. The number of para-hydroxylation sites is 2. The van der Waals surface area contributed by atoms with Gasteiger partial charge < -0.3 is 4.57 Å². The molecular weight excluding hydrogens is 669 g/mol. The van der Waals surface area contributed by atoms with Crippen LogP contribution in [-0.4, -0.2) is 19.5 Å². The lowest BCUT2D eigenvalue weighted by Gasteiger charge is -2.14. The number of aromatic nitrogens is 4. The zero-order valence-corrected chi connectivity index (χ0v) is 29.9. The monoisotopic (exact) mass is 702 g/mol. The summed E-state index contributed by atoms with van der Waals surface area (Å²) in [5.74, 6) is 1.95. The highest BCUT2D eigenvalue weighted by Gasteiger charge is 2.18. The molecule has 0 aliphatic rings. The molecule has 0 saturated heterocycles. The number of rotatable bonds is 7. The topological polar surface area (TPSA) is 43.6 Å². The van der Waals surface area contributed by atoms with E-state index in [-0.39, 0.29) is 0 Å². The summed E-state index contributed by atoms with van der Waals surface area (Å²) in [6, 6.07) is 72.4. The minimum Gasteiger partial charge on any atom is -0.309 e. The molecule has 0 atom stereocenters. The number of fused-ring (bicyclic) bond motifs is 3. The molecule has 10 aromatic rings. The van der Waals surface area contributed by atoms with Crippen molar-refractivity contribution >= 4 is 21.8 Å². The third-order valence-electron chi connectivity index (χ3n) is 10.3. The van der Waals surface area contributed by atoms with E-state index in [1.165, 1.54) is 38.5 Å². The maximum absolute atomic E-state index is 4.93. The first-order chi connectivity index (χ1) is 27.3. The summed E-state index contributed by atoms with van der Waals surface area (Å²) in [6.45, 7) is 0. The van der Waals surface area contributed by atoms with Crippen molar-refractivity contribution in [1.29, 1.82) is 0 Å². The van der Waals surface area contributed by atoms with Crippen LogP contribution < -0.4 is 0 Å². The van der Waals surface area contributed by atoms with Crippen molar-refractivity contribution in [1.82, 2.24) is 19.5 Å². The molecule has 0 radical (unpaired) electrons. The molecule has 4 nitrogen and oxygen atoms in total. The van der Waals surface area contributed by atoms with E-state index >= 15 is 0 Å². The van der Waals surface area contributed by atoms with Gasteiger partial charge in [-0.3, -0.25) is 0 Å². The minimum atomic E-state index is 0.642. The summed E-state index contributed by atoms with van der Waals surface area (Å²) >= 11 is 0. The van der Waals surface area contributed by atoms with Gasteiger partial charge in [0, 0.05) is 38.7 Å². The van der Waals surface area contributed by atoms with Gasteiger partial charge in [-0.05, 0) is 52.1 Å². The molecule has 55 heavy (non-hydrogen) atoms. The lowest BCUT2D eigenvalue weighted by molar-refractivity contribution is 1.07. The Morgan fingerprint density at radius 2 is 0.727 bits per heavy atom. The van der Waals surface area contributed by atoms with Crippen LogP contribution in [0.4, 0.5) is 0 Å².